The molecule has 5 rings (SSSR count). The second-order valence-corrected chi connectivity index (χ2v) is 10.5. The van der Waals surface area contributed by atoms with Crippen molar-refractivity contribution in [3.8, 4) is 5.69 Å². The Morgan fingerprint density at radius 1 is 0.917 bits per heavy atom. The molecule has 2 amide bonds. The van der Waals surface area contributed by atoms with Gasteiger partial charge in [-0.05, 0) is 66.0 Å². The van der Waals surface area contributed by atoms with Gasteiger partial charge in [0.2, 0.25) is 10.0 Å². The number of primary sulfonamides is 1. The van der Waals surface area contributed by atoms with E-state index in [1.54, 1.807) is 36.4 Å². The lowest BCUT2D eigenvalue weighted by molar-refractivity contribution is 0.0994. The van der Waals surface area contributed by atoms with Crippen LogP contribution < -0.4 is 16.2 Å². The predicted octanol–water partition coefficient (Wildman–Crippen LogP) is 3.94. The second kappa shape index (κ2) is 8.86. The Morgan fingerprint density at radius 2 is 1.64 bits per heavy atom. The van der Waals surface area contributed by atoms with Crippen molar-refractivity contribution in [3.63, 3.8) is 0 Å². The number of rotatable bonds is 5. The molecule has 0 spiro atoms. The van der Waals surface area contributed by atoms with Crippen molar-refractivity contribution in [2.75, 3.05) is 5.32 Å². The van der Waals surface area contributed by atoms with Crippen molar-refractivity contribution in [2.45, 2.75) is 4.90 Å². The minimum Gasteiger partial charge on any atom is -0.364 e. The Labute approximate surface area is 213 Å². The van der Waals surface area contributed by atoms with Gasteiger partial charge in [0, 0.05) is 26.5 Å². The number of carbonyl (C=O) groups is 2. The van der Waals surface area contributed by atoms with Crippen LogP contribution >= 0.6 is 15.9 Å². The Morgan fingerprint density at radius 3 is 2.31 bits per heavy atom. The van der Waals surface area contributed by atoms with E-state index < -0.39 is 15.9 Å². The number of hydrogen-bond donors (Lipinski definition) is 3. The lowest BCUT2D eigenvalue weighted by atomic mass is 10.0. The van der Waals surface area contributed by atoms with Crippen molar-refractivity contribution >= 4 is 65.1 Å². The number of sulfonamides is 1. The smallest absolute Gasteiger partial charge is 0.269 e. The van der Waals surface area contributed by atoms with E-state index >= 15 is 0 Å². The van der Waals surface area contributed by atoms with Gasteiger partial charge in [0.1, 0.15) is 0 Å². The molecular weight excluding hydrogens is 546 g/mol. The van der Waals surface area contributed by atoms with Crippen LogP contribution in [0.1, 0.15) is 20.8 Å². The molecule has 0 aliphatic carbocycles. The molecule has 0 saturated carbocycles. The van der Waals surface area contributed by atoms with Gasteiger partial charge >= 0.3 is 0 Å². The van der Waals surface area contributed by atoms with E-state index in [1.807, 2.05) is 18.2 Å². The van der Waals surface area contributed by atoms with Crippen molar-refractivity contribution in [1.29, 1.82) is 0 Å². The molecule has 1 heterocycles. The van der Waals surface area contributed by atoms with E-state index in [1.165, 1.54) is 28.9 Å². The number of nitrogens with two attached hydrogens (primary N) is 2. The maximum atomic E-state index is 12.8. The fourth-order valence-electron chi connectivity index (χ4n) is 3.98. The standard InChI is InChI=1S/C25H18BrN5O4S/c26-16-3-1-2-15(12-16)25(33)29-17-6-4-14-5-11-20-22(24(27)32)30-31(23(20)21(14)13-17)18-7-9-19(10-8-18)36(28,34)35/h1-13H,(H2,27,32)(H,29,33)(H2,28,34,35). The third-order valence-electron chi connectivity index (χ3n) is 5.65. The second-order valence-electron chi connectivity index (χ2n) is 8.03. The topological polar surface area (TPSA) is 150 Å². The minimum absolute atomic E-state index is 0.0553. The number of aromatic nitrogens is 2. The summed E-state index contributed by atoms with van der Waals surface area (Å²) in [4.78, 5) is 24.9. The number of halogens is 1. The van der Waals surface area contributed by atoms with Crippen LogP contribution in [0.5, 0.6) is 0 Å². The molecule has 0 fully saturated rings. The van der Waals surface area contributed by atoms with Crippen LogP contribution in [0, 0.1) is 0 Å². The zero-order valence-electron chi connectivity index (χ0n) is 18.5. The highest BCUT2D eigenvalue weighted by molar-refractivity contribution is 9.10. The van der Waals surface area contributed by atoms with Crippen LogP contribution in [0.2, 0.25) is 0 Å². The molecule has 0 aliphatic heterocycles. The van der Waals surface area contributed by atoms with Gasteiger partial charge in [0.05, 0.1) is 16.1 Å². The highest BCUT2D eigenvalue weighted by Gasteiger charge is 2.19. The highest BCUT2D eigenvalue weighted by atomic mass is 79.9. The van der Waals surface area contributed by atoms with Crippen molar-refractivity contribution in [2.24, 2.45) is 10.9 Å². The molecule has 1 aromatic heterocycles. The number of anilines is 1. The van der Waals surface area contributed by atoms with Gasteiger partial charge < -0.3 is 11.1 Å². The van der Waals surface area contributed by atoms with Gasteiger partial charge in [-0.25, -0.2) is 18.2 Å². The molecule has 0 radical (unpaired) electrons. The number of hydrogen-bond acceptors (Lipinski definition) is 5. The van der Waals surface area contributed by atoms with Crippen LogP contribution in [0.15, 0.2) is 88.2 Å². The molecule has 0 unspecified atom stereocenters. The summed E-state index contributed by atoms with van der Waals surface area (Å²) in [5, 5.41) is 14.6. The zero-order chi connectivity index (χ0) is 25.6. The molecule has 0 aliphatic rings. The SMILES string of the molecule is NC(=O)c1nn(-c2ccc(S(N)(=O)=O)cc2)c2c1ccc1ccc(NC(=O)c3cccc(Br)c3)cc12. The number of fused-ring (bicyclic) bond motifs is 3. The average Bonchev–Trinajstić information content (AvgIpc) is 3.24. The molecule has 5 N–H and O–H groups in total. The molecule has 9 nitrogen and oxygen atoms in total. The first-order valence-corrected chi connectivity index (χ1v) is 12.9. The first-order valence-electron chi connectivity index (χ1n) is 10.6. The fourth-order valence-corrected chi connectivity index (χ4v) is 4.90. The molecule has 0 bridgehead atoms. The van der Waals surface area contributed by atoms with Gasteiger partial charge in [-0.1, -0.05) is 34.1 Å². The van der Waals surface area contributed by atoms with Crippen LogP contribution in [-0.2, 0) is 10.0 Å². The van der Waals surface area contributed by atoms with Gasteiger partial charge in [0.25, 0.3) is 11.8 Å². The normalized spacial score (nSPS) is 11.6. The van der Waals surface area contributed by atoms with Crippen molar-refractivity contribution in [3.05, 3.63) is 94.6 Å². The maximum Gasteiger partial charge on any atom is 0.269 e. The van der Waals surface area contributed by atoms with E-state index in [-0.39, 0.29) is 16.5 Å². The largest absolute Gasteiger partial charge is 0.364 e. The van der Waals surface area contributed by atoms with Crippen LogP contribution in [0.4, 0.5) is 5.69 Å². The lowest BCUT2D eigenvalue weighted by Crippen LogP contribution is -2.13. The van der Waals surface area contributed by atoms with E-state index in [2.05, 4.69) is 26.3 Å². The summed E-state index contributed by atoms with van der Waals surface area (Å²) in [7, 11) is -3.88. The number of primary amides is 1. The lowest BCUT2D eigenvalue weighted by Gasteiger charge is -2.10. The molecule has 0 atom stereocenters. The zero-order valence-corrected chi connectivity index (χ0v) is 20.9. The van der Waals surface area contributed by atoms with E-state index in [0.29, 0.717) is 33.2 Å². The summed E-state index contributed by atoms with van der Waals surface area (Å²) in [6, 6.07) is 21.8. The van der Waals surface area contributed by atoms with Crippen LogP contribution in [-0.4, -0.2) is 30.0 Å². The predicted molar refractivity (Wildman–Crippen MR) is 141 cm³/mol. The molecular formula is C25H18BrN5O4S. The number of benzene rings is 4. The fraction of sp³-hybridized carbons (Fsp3) is 0. The molecule has 4 aromatic carbocycles. The van der Waals surface area contributed by atoms with Gasteiger partial charge in [-0.15, -0.1) is 0 Å². The monoisotopic (exact) mass is 563 g/mol. The van der Waals surface area contributed by atoms with E-state index in [9.17, 15) is 18.0 Å². The summed E-state index contributed by atoms with van der Waals surface area (Å²) >= 11 is 3.37. The highest BCUT2D eigenvalue weighted by Crippen LogP contribution is 2.32. The summed E-state index contributed by atoms with van der Waals surface area (Å²) in [5.74, 6) is -0.994. The van der Waals surface area contributed by atoms with E-state index in [0.717, 1.165) is 9.86 Å². The summed E-state index contributed by atoms with van der Waals surface area (Å²) < 4.78 is 25.6. The molecule has 11 heteroatoms. The van der Waals surface area contributed by atoms with Gasteiger partial charge in [-0.2, -0.15) is 5.10 Å². The Hall–Kier alpha value is -4.06. The van der Waals surface area contributed by atoms with E-state index in [4.69, 9.17) is 10.9 Å². The number of nitrogens with one attached hydrogen (secondary N) is 1. The molecule has 180 valence electrons. The third-order valence-corrected chi connectivity index (χ3v) is 7.07. The Balaban J connectivity index is 1.67. The first kappa shape index (κ1) is 23.7. The first-order chi connectivity index (χ1) is 17.1. The Bertz CT molecular complexity index is 1800. The summed E-state index contributed by atoms with van der Waals surface area (Å²) in [5.41, 5.74) is 7.75. The maximum absolute atomic E-state index is 12.8. The summed E-state index contributed by atoms with van der Waals surface area (Å²) in [6.07, 6.45) is 0. The number of amides is 2. The van der Waals surface area contributed by atoms with Crippen molar-refractivity contribution < 1.29 is 18.0 Å². The number of carbonyl (C=O) groups excluding carboxylic acids is 2. The molecule has 36 heavy (non-hydrogen) atoms. The third kappa shape index (κ3) is 4.35. The minimum atomic E-state index is -3.88. The average molecular weight is 564 g/mol. The Kier molecular flexibility index (Phi) is 5.83. The van der Waals surface area contributed by atoms with Crippen LogP contribution in [0.3, 0.4) is 0 Å². The molecule has 5 aromatic rings. The molecule has 0 saturated heterocycles. The van der Waals surface area contributed by atoms with Gasteiger partial charge in [0.15, 0.2) is 5.69 Å². The summed E-state index contributed by atoms with van der Waals surface area (Å²) in [6.45, 7) is 0. The van der Waals surface area contributed by atoms with Gasteiger partial charge in [-0.3, -0.25) is 9.59 Å². The number of nitrogens with zero attached hydrogens (tertiary/aromatic N) is 2. The quantitative estimate of drug-likeness (QED) is 0.296. The van der Waals surface area contributed by atoms with Crippen LogP contribution in [0.25, 0.3) is 27.4 Å². The van der Waals surface area contributed by atoms with Crippen molar-refractivity contribution in [1.82, 2.24) is 9.78 Å².